The highest BCUT2D eigenvalue weighted by atomic mass is 35.5. The molecular formula is C16H16ClN5OS. The summed E-state index contributed by atoms with van der Waals surface area (Å²) in [5, 5.41) is 11.8. The monoisotopic (exact) mass is 361 g/mol. The summed E-state index contributed by atoms with van der Waals surface area (Å²) in [6.07, 6.45) is 7.67. The lowest BCUT2D eigenvalue weighted by atomic mass is 10.2. The van der Waals surface area contributed by atoms with Crippen molar-refractivity contribution in [3.63, 3.8) is 0 Å². The zero-order chi connectivity index (χ0) is 16.9. The van der Waals surface area contributed by atoms with Crippen LogP contribution in [0.25, 0.3) is 5.65 Å². The highest BCUT2D eigenvalue weighted by molar-refractivity contribution is 7.98. The quantitative estimate of drug-likeness (QED) is 0.730. The van der Waals surface area contributed by atoms with Gasteiger partial charge in [-0.25, -0.2) is 0 Å². The molecule has 1 N–H and O–H groups in total. The maximum atomic E-state index is 12.6. The van der Waals surface area contributed by atoms with Crippen molar-refractivity contribution in [3.05, 3.63) is 59.3 Å². The van der Waals surface area contributed by atoms with Crippen LogP contribution in [0.4, 0.5) is 0 Å². The molecule has 0 spiro atoms. The highest BCUT2D eigenvalue weighted by Crippen LogP contribution is 2.20. The minimum absolute atomic E-state index is 0.265. The maximum Gasteiger partial charge on any atom is 0.254 e. The predicted octanol–water partition coefficient (Wildman–Crippen LogP) is 3.00. The van der Waals surface area contributed by atoms with Crippen molar-refractivity contribution in [1.29, 1.82) is 0 Å². The Balaban J connectivity index is 1.89. The van der Waals surface area contributed by atoms with Crippen LogP contribution in [-0.2, 0) is 0 Å². The molecular weight excluding hydrogens is 346 g/mol. The Morgan fingerprint density at radius 1 is 1.38 bits per heavy atom. The van der Waals surface area contributed by atoms with E-state index in [2.05, 4.69) is 20.5 Å². The van der Waals surface area contributed by atoms with Crippen LogP contribution in [-0.4, -0.2) is 37.5 Å². The average Bonchev–Trinajstić information content (AvgIpc) is 3.03. The number of hydrogen-bond acceptors (Lipinski definition) is 5. The Bertz CT molecular complexity index is 853. The van der Waals surface area contributed by atoms with Crippen molar-refractivity contribution < 1.29 is 4.79 Å². The van der Waals surface area contributed by atoms with Crippen LogP contribution >= 0.6 is 23.4 Å². The molecule has 3 heterocycles. The predicted molar refractivity (Wildman–Crippen MR) is 95.4 cm³/mol. The molecule has 1 amide bonds. The Labute approximate surface area is 148 Å². The maximum absolute atomic E-state index is 12.6. The fourth-order valence-corrected chi connectivity index (χ4v) is 3.04. The summed E-state index contributed by atoms with van der Waals surface area (Å²) in [4.78, 5) is 16.5. The summed E-state index contributed by atoms with van der Waals surface area (Å²) in [6, 6.07) is 7.02. The smallest absolute Gasteiger partial charge is 0.254 e. The Kier molecular flexibility index (Phi) is 5.32. The van der Waals surface area contributed by atoms with Gasteiger partial charge >= 0.3 is 0 Å². The third kappa shape index (κ3) is 3.52. The van der Waals surface area contributed by atoms with E-state index in [0.717, 1.165) is 17.8 Å². The molecule has 0 saturated heterocycles. The Hall–Kier alpha value is -2.12. The number of rotatable bonds is 6. The molecule has 3 aromatic heterocycles. The number of hydrogen-bond donors (Lipinski definition) is 1. The normalized spacial score (nSPS) is 12.2. The van der Waals surface area contributed by atoms with E-state index in [1.54, 1.807) is 24.0 Å². The third-order valence-corrected chi connectivity index (χ3v) is 4.55. The number of carbonyl (C=O) groups excluding carboxylic acids is 1. The van der Waals surface area contributed by atoms with Crippen LogP contribution < -0.4 is 5.32 Å². The summed E-state index contributed by atoms with van der Waals surface area (Å²) in [6.45, 7) is 0. The lowest BCUT2D eigenvalue weighted by Crippen LogP contribution is -2.30. The molecule has 0 aliphatic rings. The molecule has 6 nitrogen and oxygen atoms in total. The van der Waals surface area contributed by atoms with Gasteiger partial charge in [-0.2, -0.15) is 11.8 Å². The van der Waals surface area contributed by atoms with Crippen molar-refractivity contribution in [3.8, 4) is 0 Å². The van der Waals surface area contributed by atoms with Crippen molar-refractivity contribution in [2.24, 2.45) is 0 Å². The molecule has 0 saturated carbocycles. The van der Waals surface area contributed by atoms with Crippen LogP contribution in [0.2, 0.25) is 5.02 Å². The number of thioether (sulfide) groups is 1. The molecule has 0 aliphatic carbocycles. The van der Waals surface area contributed by atoms with Crippen LogP contribution in [0.15, 0.2) is 42.9 Å². The standard InChI is InChI=1S/C16H16ClN5OS/c1-24-9-6-13(15-21-20-14-4-2-3-8-22(14)15)19-16(23)11-10-18-7-5-12(11)17/h2-5,7-8,10,13H,6,9H2,1H3,(H,19,23). The van der Waals surface area contributed by atoms with E-state index < -0.39 is 0 Å². The van der Waals surface area contributed by atoms with Gasteiger partial charge in [-0.3, -0.25) is 14.2 Å². The van der Waals surface area contributed by atoms with Gasteiger partial charge in [0.15, 0.2) is 11.5 Å². The first kappa shape index (κ1) is 16.7. The fraction of sp³-hybridized carbons (Fsp3) is 0.250. The van der Waals surface area contributed by atoms with Gasteiger partial charge < -0.3 is 5.32 Å². The molecule has 124 valence electrons. The zero-order valence-corrected chi connectivity index (χ0v) is 14.6. The first-order valence-corrected chi connectivity index (χ1v) is 9.17. The van der Waals surface area contributed by atoms with Gasteiger partial charge in [0.25, 0.3) is 5.91 Å². The molecule has 0 fully saturated rings. The minimum atomic E-state index is -0.271. The van der Waals surface area contributed by atoms with E-state index in [1.165, 1.54) is 6.20 Å². The number of nitrogens with zero attached hydrogens (tertiary/aromatic N) is 4. The first-order valence-electron chi connectivity index (χ1n) is 7.39. The van der Waals surface area contributed by atoms with E-state index in [1.807, 2.05) is 35.1 Å². The number of pyridine rings is 2. The van der Waals surface area contributed by atoms with Gasteiger partial charge in [-0.1, -0.05) is 17.7 Å². The summed E-state index contributed by atoms with van der Waals surface area (Å²) in [5.41, 5.74) is 1.09. The van der Waals surface area contributed by atoms with E-state index in [0.29, 0.717) is 16.4 Å². The van der Waals surface area contributed by atoms with Gasteiger partial charge in [0.2, 0.25) is 0 Å². The van der Waals surface area contributed by atoms with Crippen LogP contribution in [0.3, 0.4) is 0 Å². The number of halogens is 1. The molecule has 3 aromatic rings. The molecule has 3 rings (SSSR count). The fourth-order valence-electron chi connectivity index (χ4n) is 2.38. The van der Waals surface area contributed by atoms with Crippen molar-refractivity contribution in [2.75, 3.05) is 12.0 Å². The SMILES string of the molecule is CSCCC(NC(=O)c1cnccc1Cl)c1nnc2ccccn12. The van der Waals surface area contributed by atoms with E-state index in [-0.39, 0.29) is 11.9 Å². The van der Waals surface area contributed by atoms with Crippen molar-refractivity contribution in [1.82, 2.24) is 24.9 Å². The van der Waals surface area contributed by atoms with Crippen molar-refractivity contribution >= 4 is 34.9 Å². The van der Waals surface area contributed by atoms with Crippen LogP contribution in [0.5, 0.6) is 0 Å². The molecule has 24 heavy (non-hydrogen) atoms. The summed E-state index contributed by atoms with van der Waals surface area (Å²) >= 11 is 7.80. The van der Waals surface area contributed by atoms with Gasteiger partial charge in [-0.15, -0.1) is 10.2 Å². The van der Waals surface area contributed by atoms with E-state index in [9.17, 15) is 4.79 Å². The first-order chi connectivity index (χ1) is 11.7. The Morgan fingerprint density at radius 2 is 2.25 bits per heavy atom. The van der Waals surface area contributed by atoms with Crippen LogP contribution in [0.1, 0.15) is 28.6 Å². The van der Waals surface area contributed by atoms with Gasteiger partial charge in [0.1, 0.15) is 0 Å². The second kappa shape index (κ2) is 7.63. The minimum Gasteiger partial charge on any atom is -0.342 e. The third-order valence-electron chi connectivity index (χ3n) is 3.58. The summed E-state index contributed by atoms with van der Waals surface area (Å²) < 4.78 is 1.89. The lowest BCUT2D eigenvalue weighted by molar-refractivity contribution is 0.0933. The van der Waals surface area contributed by atoms with Crippen LogP contribution in [0, 0.1) is 0 Å². The lowest BCUT2D eigenvalue weighted by Gasteiger charge is -2.17. The topological polar surface area (TPSA) is 72.2 Å². The number of fused-ring (bicyclic) bond motifs is 1. The van der Waals surface area contributed by atoms with Gasteiger partial charge in [0, 0.05) is 18.6 Å². The highest BCUT2D eigenvalue weighted by Gasteiger charge is 2.21. The molecule has 1 unspecified atom stereocenters. The second-order valence-electron chi connectivity index (χ2n) is 5.15. The van der Waals surface area contributed by atoms with Gasteiger partial charge in [0.05, 0.1) is 16.6 Å². The molecule has 0 radical (unpaired) electrons. The Morgan fingerprint density at radius 3 is 3.04 bits per heavy atom. The molecule has 0 aliphatic heterocycles. The second-order valence-corrected chi connectivity index (χ2v) is 6.54. The number of aromatic nitrogens is 4. The number of nitrogens with one attached hydrogen (secondary N) is 1. The molecule has 0 bridgehead atoms. The van der Waals surface area contributed by atoms with Crippen molar-refractivity contribution in [2.45, 2.75) is 12.5 Å². The van der Waals surface area contributed by atoms with E-state index >= 15 is 0 Å². The van der Waals surface area contributed by atoms with Gasteiger partial charge in [-0.05, 0) is 36.6 Å². The molecule has 1 atom stereocenters. The summed E-state index contributed by atoms with van der Waals surface area (Å²) in [5.74, 6) is 1.31. The zero-order valence-electron chi connectivity index (χ0n) is 13.0. The molecule has 0 aromatic carbocycles. The number of carbonyl (C=O) groups is 1. The van der Waals surface area contributed by atoms with E-state index in [4.69, 9.17) is 11.6 Å². The number of amides is 1. The average molecular weight is 362 g/mol. The summed E-state index contributed by atoms with van der Waals surface area (Å²) in [7, 11) is 0. The largest absolute Gasteiger partial charge is 0.342 e. The molecule has 8 heteroatoms.